The van der Waals surface area contributed by atoms with Gasteiger partial charge in [-0.15, -0.1) is 0 Å². The number of pyridine rings is 2. The van der Waals surface area contributed by atoms with Crippen molar-refractivity contribution in [3.05, 3.63) is 72.9 Å². The van der Waals surface area contributed by atoms with Gasteiger partial charge in [-0.3, -0.25) is 4.98 Å². The summed E-state index contributed by atoms with van der Waals surface area (Å²) in [7, 11) is 0. The SMILES string of the molecule is c1cnc2c(CCNc3cc(-c4cnc5c(cnn5C5CCNCC5)c4)ncn3)cccc2c1. The molecule has 0 bridgehead atoms. The summed E-state index contributed by atoms with van der Waals surface area (Å²) in [5.74, 6) is 0.795. The highest BCUT2D eigenvalue weighted by molar-refractivity contribution is 5.82. The van der Waals surface area contributed by atoms with Crippen molar-refractivity contribution in [2.45, 2.75) is 25.3 Å². The maximum atomic E-state index is 4.75. The summed E-state index contributed by atoms with van der Waals surface area (Å²) in [5.41, 5.74) is 5.01. The number of hydrogen-bond acceptors (Lipinski definition) is 7. The Morgan fingerprint density at radius 2 is 1.85 bits per heavy atom. The van der Waals surface area contributed by atoms with Crippen LogP contribution in [0.3, 0.4) is 0 Å². The highest BCUT2D eigenvalue weighted by Gasteiger charge is 2.18. The Hall–Kier alpha value is -3.91. The highest BCUT2D eigenvalue weighted by Crippen LogP contribution is 2.26. The van der Waals surface area contributed by atoms with Crippen LogP contribution in [0.4, 0.5) is 5.82 Å². The summed E-state index contributed by atoms with van der Waals surface area (Å²) >= 11 is 0. The number of nitrogens with one attached hydrogen (secondary N) is 2. The number of anilines is 1. The largest absolute Gasteiger partial charge is 0.370 e. The normalized spacial score (nSPS) is 14.6. The number of para-hydroxylation sites is 1. The van der Waals surface area contributed by atoms with E-state index in [-0.39, 0.29) is 0 Å². The second-order valence-corrected chi connectivity index (χ2v) is 8.66. The molecular weight excluding hydrogens is 424 g/mol. The fourth-order valence-corrected chi connectivity index (χ4v) is 4.70. The molecule has 0 saturated carbocycles. The molecule has 1 aliphatic heterocycles. The minimum Gasteiger partial charge on any atom is -0.370 e. The van der Waals surface area contributed by atoms with Gasteiger partial charge < -0.3 is 10.6 Å². The summed E-state index contributed by atoms with van der Waals surface area (Å²) in [6.45, 7) is 2.81. The molecule has 170 valence electrons. The molecule has 5 heterocycles. The van der Waals surface area contributed by atoms with Crippen molar-refractivity contribution in [3.8, 4) is 11.3 Å². The van der Waals surface area contributed by atoms with Crippen LogP contribution in [-0.4, -0.2) is 49.4 Å². The quantitative estimate of drug-likeness (QED) is 0.404. The third kappa shape index (κ3) is 4.08. The first-order chi connectivity index (χ1) is 16.8. The molecule has 0 aliphatic carbocycles. The molecule has 8 heteroatoms. The molecule has 34 heavy (non-hydrogen) atoms. The zero-order valence-electron chi connectivity index (χ0n) is 18.9. The van der Waals surface area contributed by atoms with E-state index in [1.165, 1.54) is 5.56 Å². The minimum atomic E-state index is 0.406. The average molecular weight is 451 g/mol. The standard InChI is InChI=1S/C26H26N8/c1-3-18-5-2-9-29-25(18)19(4-1)6-12-28-24-14-23(31-17-32-24)20-13-21-16-33-34(26(21)30-15-20)22-7-10-27-11-8-22/h1-5,9,13-17,22,27H,6-8,10-12H2,(H,28,31,32). The molecule has 0 amide bonds. The maximum absolute atomic E-state index is 4.75. The Bertz CT molecular complexity index is 1430. The van der Waals surface area contributed by atoms with Crippen molar-refractivity contribution in [2.24, 2.45) is 0 Å². The van der Waals surface area contributed by atoms with Crippen LogP contribution in [0.5, 0.6) is 0 Å². The average Bonchev–Trinajstić information content (AvgIpc) is 3.33. The Balaban J connectivity index is 1.18. The molecular formula is C26H26N8. The molecule has 1 saturated heterocycles. The first kappa shape index (κ1) is 20.7. The topological polar surface area (TPSA) is 93.4 Å². The van der Waals surface area contributed by atoms with E-state index in [4.69, 9.17) is 4.98 Å². The molecule has 0 unspecified atom stereocenters. The predicted molar refractivity (Wildman–Crippen MR) is 134 cm³/mol. The molecule has 0 atom stereocenters. The molecule has 4 aromatic heterocycles. The van der Waals surface area contributed by atoms with Gasteiger partial charge in [-0.05, 0) is 50.0 Å². The van der Waals surface area contributed by atoms with E-state index in [9.17, 15) is 0 Å². The molecule has 1 fully saturated rings. The van der Waals surface area contributed by atoms with Crippen molar-refractivity contribution in [1.82, 2.24) is 35.0 Å². The molecule has 1 aromatic carbocycles. The van der Waals surface area contributed by atoms with E-state index in [0.29, 0.717) is 6.04 Å². The molecule has 6 rings (SSSR count). The van der Waals surface area contributed by atoms with E-state index >= 15 is 0 Å². The number of benzene rings is 1. The van der Waals surface area contributed by atoms with E-state index in [0.717, 1.165) is 77.9 Å². The number of hydrogen-bond donors (Lipinski definition) is 2. The van der Waals surface area contributed by atoms with Crippen LogP contribution in [-0.2, 0) is 6.42 Å². The lowest BCUT2D eigenvalue weighted by Gasteiger charge is -2.23. The molecule has 0 spiro atoms. The Morgan fingerprint density at radius 1 is 0.941 bits per heavy atom. The van der Waals surface area contributed by atoms with E-state index in [1.807, 2.05) is 30.7 Å². The van der Waals surface area contributed by atoms with Crippen molar-refractivity contribution < 1.29 is 0 Å². The van der Waals surface area contributed by atoms with Gasteiger partial charge in [0.2, 0.25) is 0 Å². The van der Waals surface area contributed by atoms with Crippen molar-refractivity contribution in [3.63, 3.8) is 0 Å². The molecule has 2 N–H and O–H groups in total. The number of piperidine rings is 1. The van der Waals surface area contributed by atoms with Crippen LogP contribution in [0.2, 0.25) is 0 Å². The summed E-state index contributed by atoms with van der Waals surface area (Å²) in [4.78, 5) is 18.2. The van der Waals surface area contributed by atoms with E-state index in [1.54, 1.807) is 6.33 Å². The monoisotopic (exact) mass is 450 g/mol. The first-order valence-electron chi connectivity index (χ1n) is 11.8. The van der Waals surface area contributed by atoms with Gasteiger partial charge in [-0.1, -0.05) is 24.3 Å². The fourth-order valence-electron chi connectivity index (χ4n) is 4.70. The molecule has 5 aromatic rings. The predicted octanol–water partition coefficient (Wildman–Crippen LogP) is 4.02. The highest BCUT2D eigenvalue weighted by atomic mass is 15.3. The van der Waals surface area contributed by atoms with Crippen molar-refractivity contribution in [2.75, 3.05) is 25.0 Å². The fraction of sp³-hybridized carbons (Fsp3) is 0.269. The summed E-state index contributed by atoms with van der Waals surface area (Å²) in [6.07, 6.45) is 10.3. The third-order valence-electron chi connectivity index (χ3n) is 6.47. The van der Waals surface area contributed by atoms with Crippen LogP contribution in [0.25, 0.3) is 33.2 Å². The van der Waals surface area contributed by atoms with Gasteiger partial charge in [0, 0.05) is 41.3 Å². The summed E-state index contributed by atoms with van der Waals surface area (Å²) in [6, 6.07) is 14.9. The Labute approximate surface area is 197 Å². The van der Waals surface area contributed by atoms with Crippen LogP contribution in [0, 0.1) is 0 Å². The van der Waals surface area contributed by atoms with E-state index < -0.39 is 0 Å². The number of rotatable bonds is 6. The molecule has 8 nitrogen and oxygen atoms in total. The third-order valence-corrected chi connectivity index (χ3v) is 6.47. The first-order valence-corrected chi connectivity index (χ1v) is 11.8. The minimum absolute atomic E-state index is 0.406. The van der Waals surface area contributed by atoms with E-state index in [2.05, 4.69) is 65.7 Å². The smallest absolute Gasteiger partial charge is 0.158 e. The van der Waals surface area contributed by atoms with Gasteiger partial charge in [0.15, 0.2) is 5.65 Å². The van der Waals surface area contributed by atoms with Crippen LogP contribution < -0.4 is 10.6 Å². The Morgan fingerprint density at radius 3 is 2.79 bits per heavy atom. The zero-order chi connectivity index (χ0) is 22.7. The van der Waals surface area contributed by atoms with Gasteiger partial charge in [0.25, 0.3) is 0 Å². The second-order valence-electron chi connectivity index (χ2n) is 8.66. The van der Waals surface area contributed by atoms with Crippen LogP contribution in [0.15, 0.2) is 67.4 Å². The molecule has 1 aliphatic rings. The van der Waals surface area contributed by atoms with Crippen LogP contribution in [0.1, 0.15) is 24.4 Å². The van der Waals surface area contributed by atoms with Crippen molar-refractivity contribution in [1.29, 1.82) is 0 Å². The number of nitrogens with zero attached hydrogens (tertiary/aromatic N) is 6. The lowest BCUT2D eigenvalue weighted by molar-refractivity contribution is 0.350. The van der Waals surface area contributed by atoms with Gasteiger partial charge in [-0.25, -0.2) is 19.6 Å². The lowest BCUT2D eigenvalue weighted by Crippen LogP contribution is -2.29. The van der Waals surface area contributed by atoms with Gasteiger partial charge in [0.1, 0.15) is 12.1 Å². The summed E-state index contributed by atoms with van der Waals surface area (Å²) in [5, 5.41) is 13.7. The lowest BCUT2D eigenvalue weighted by atomic mass is 10.1. The van der Waals surface area contributed by atoms with Gasteiger partial charge in [-0.2, -0.15) is 5.10 Å². The van der Waals surface area contributed by atoms with Crippen molar-refractivity contribution >= 4 is 27.8 Å². The van der Waals surface area contributed by atoms with Gasteiger partial charge in [0.05, 0.1) is 23.4 Å². The summed E-state index contributed by atoms with van der Waals surface area (Å²) < 4.78 is 2.08. The van der Waals surface area contributed by atoms with Gasteiger partial charge >= 0.3 is 0 Å². The number of aromatic nitrogens is 6. The molecule has 0 radical (unpaired) electrons. The zero-order valence-corrected chi connectivity index (χ0v) is 18.9. The maximum Gasteiger partial charge on any atom is 0.158 e. The second kappa shape index (κ2) is 9.15. The Kier molecular flexibility index (Phi) is 5.56. The number of fused-ring (bicyclic) bond motifs is 2. The van der Waals surface area contributed by atoms with Crippen LogP contribution >= 0.6 is 0 Å².